The molecule has 0 saturated heterocycles. The van der Waals surface area contributed by atoms with Crippen LogP contribution in [-0.2, 0) is 0 Å². The minimum Gasteiger partial charge on any atom is -0.0616 e. The summed E-state index contributed by atoms with van der Waals surface area (Å²) in [4.78, 5) is 0. The Bertz CT molecular complexity index is 2990. The molecule has 0 heterocycles. The summed E-state index contributed by atoms with van der Waals surface area (Å²) in [6, 6.07) is 74.1. The van der Waals surface area contributed by atoms with Gasteiger partial charge in [0, 0.05) is 0 Å². The molecule has 0 spiro atoms. The van der Waals surface area contributed by atoms with Crippen molar-refractivity contribution in [3.05, 3.63) is 206 Å². The Labute approximate surface area is 323 Å². The Morgan fingerprint density at radius 3 is 1.45 bits per heavy atom. The van der Waals surface area contributed by atoms with Gasteiger partial charge in [-0.3, -0.25) is 0 Å². The molecule has 0 aliphatic rings. The van der Waals surface area contributed by atoms with E-state index < -0.39 is 0 Å². The standard InChI is InChI=1S/C55H40/c1-36(2)41-17-11-18-44(33-41)54-49-20-7-9-22-51(49)55(52-23-10-8-21-50(52)54)45-31-32-48(47-24-12-16-39-14-5-6-19-46(39)47)53(35-45)40-28-25-38(26-29-40)43-30-27-37-13-3-4-15-42(37)34-43/h3-36H,1-2H3. The lowest BCUT2D eigenvalue weighted by Gasteiger charge is -2.20. The normalized spacial score (nSPS) is 11.6. The summed E-state index contributed by atoms with van der Waals surface area (Å²) in [5.41, 5.74) is 13.7. The summed E-state index contributed by atoms with van der Waals surface area (Å²) in [5, 5.41) is 10.1. The number of hydrogen-bond acceptors (Lipinski definition) is 0. The van der Waals surface area contributed by atoms with E-state index in [0.717, 1.165) is 0 Å². The molecule has 10 aromatic rings. The SMILES string of the molecule is CC(C)c1cccc(-c2c3ccccc3c(-c3ccc(-c4cccc5ccccc45)c(-c4ccc(-c5ccc6ccccc6c5)cc4)c3)c3ccccc23)c1. The van der Waals surface area contributed by atoms with Crippen molar-refractivity contribution in [2.45, 2.75) is 19.8 Å². The Morgan fingerprint density at radius 2 is 0.782 bits per heavy atom. The molecule has 260 valence electrons. The van der Waals surface area contributed by atoms with Crippen LogP contribution in [0.15, 0.2) is 200 Å². The predicted molar refractivity (Wildman–Crippen MR) is 238 cm³/mol. The molecule has 0 fully saturated rings. The molecule has 0 amide bonds. The summed E-state index contributed by atoms with van der Waals surface area (Å²) in [7, 11) is 0. The van der Waals surface area contributed by atoms with Crippen LogP contribution in [0.5, 0.6) is 0 Å². The fraction of sp³-hybridized carbons (Fsp3) is 0.0545. The first-order chi connectivity index (χ1) is 27.1. The molecule has 10 rings (SSSR count). The van der Waals surface area contributed by atoms with Gasteiger partial charge in [0.1, 0.15) is 0 Å². The Balaban J connectivity index is 1.20. The van der Waals surface area contributed by atoms with E-state index in [-0.39, 0.29) is 0 Å². The summed E-state index contributed by atoms with van der Waals surface area (Å²) in [5.74, 6) is 0.456. The van der Waals surface area contributed by atoms with Crippen molar-refractivity contribution in [1.82, 2.24) is 0 Å². The zero-order chi connectivity index (χ0) is 36.9. The first-order valence-electron chi connectivity index (χ1n) is 19.4. The maximum atomic E-state index is 2.44. The van der Waals surface area contributed by atoms with Crippen molar-refractivity contribution in [1.29, 1.82) is 0 Å². The monoisotopic (exact) mass is 700 g/mol. The third kappa shape index (κ3) is 5.79. The number of hydrogen-bond donors (Lipinski definition) is 0. The lowest BCUT2D eigenvalue weighted by Crippen LogP contribution is -1.94. The highest BCUT2D eigenvalue weighted by atomic mass is 14.2. The first kappa shape index (κ1) is 32.9. The molecule has 0 atom stereocenters. The van der Waals surface area contributed by atoms with Crippen LogP contribution in [0, 0.1) is 0 Å². The second-order valence-electron chi connectivity index (χ2n) is 15.0. The van der Waals surface area contributed by atoms with E-state index in [1.807, 2.05) is 0 Å². The van der Waals surface area contributed by atoms with Crippen molar-refractivity contribution in [3.63, 3.8) is 0 Å². The molecule has 0 nitrogen and oxygen atoms in total. The lowest BCUT2D eigenvalue weighted by atomic mass is 9.83. The predicted octanol–water partition coefficient (Wildman–Crippen LogP) is 15.8. The highest BCUT2D eigenvalue weighted by molar-refractivity contribution is 6.21. The van der Waals surface area contributed by atoms with Gasteiger partial charge in [-0.2, -0.15) is 0 Å². The van der Waals surface area contributed by atoms with Gasteiger partial charge in [-0.25, -0.2) is 0 Å². The maximum Gasteiger partial charge on any atom is -0.00261 e. The van der Waals surface area contributed by atoms with Gasteiger partial charge in [-0.05, 0) is 122 Å². The highest BCUT2D eigenvalue weighted by Crippen LogP contribution is 2.46. The summed E-state index contributed by atoms with van der Waals surface area (Å²) in [6.07, 6.45) is 0. The smallest absolute Gasteiger partial charge is 0.00261 e. The van der Waals surface area contributed by atoms with Crippen LogP contribution in [0.1, 0.15) is 25.3 Å². The van der Waals surface area contributed by atoms with Crippen molar-refractivity contribution >= 4 is 43.1 Å². The largest absolute Gasteiger partial charge is 0.0616 e. The van der Waals surface area contributed by atoms with Crippen LogP contribution < -0.4 is 0 Å². The van der Waals surface area contributed by atoms with E-state index in [1.54, 1.807) is 0 Å². The maximum absolute atomic E-state index is 2.44. The van der Waals surface area contributed by atoms with E-state index in [2.05, 4.69) is 214 Å². The van der Waals surface area contributed by atoms with Crippen molar-refractivity contribution in [3.8, 4) is 55.6 Å². The fourth-order valence-electron chi connectivity index (χ4n) is 8.65. The molecule has 0 unspecified atom stereocenters. The highest BCUT2D eigenvalue weighted by Gasteiger charge is 2.19. The molecular weight excluding hydrogens is 661 g/mol. The zero-order valence-corrected chi connectivity index (χ0v) is 31.1. The van der Waals surface area contributed by atoms with E-state index >= 15 is 0 Å². The van der Waals surface area contributed by atoms with Crippen LogP contribution in [-0.4, -0.2) is 0 Å². The molecule has 0 aromatic heterocycles. The van der Waals surface area contributed by atoms with Crippen molar-refractivity contribution < 1.29 is 0 Å². The second-order valence-corrected chi connectivity index (χ2v) is 15.0. The Kier molecular flexibility index (Phi) is 8.11. The van der Waals surface area contributed by atoms with E-state index in [1.165, 1.54) is 104 Å². The van der Waals surface area contributed by atoms with E-state index in [9.17, 15) is 0 Å². The average molecular weight is 701 g/mol. The second kappa shape index (κ2) is 13.6. The minimum absolute atomic E-state index is 0.456. The molecule has 0 bridgehead atoms. The average Bonchev–Trinajstić information content (AvgIpc) is 3.25. The van der Waals surface area contributed by atoms with Crippen LogP contribution in [0.4, 0.5) is 0 Å². The minimum atomic E-state index is 0.456. The van der Waals surface area contributed by atoms with Gasteiger partial charge in [0.2, 0.25) is 0 Å². The van der Waals surface area contributed by atoms with Crippen LogP contribution in [0.2, 0.25) is 0 Å². The van der Waals surface area contributed by atoms with E-state index in [0.29, 0.717) is 5.92 Å². The molecule has 0 N–H and O–H groups in total. The molecule has 0 aliphatic carbocycles. The zero-order valence-electron chi connectivity index (χ0n) is 31.1. The molecule has 0 saturated carbocycles. The third-order valence-corrected chi connectivity index (χ3v) is 11.4. The molecule has 0 radical (unpaired) electrons. The molecule has 0 heteroatoms. The van der Waals surface area contributed by atoms with Crippen LogP contribution in [0.3, 0.4) is 0 Å². The van der Waals surface area contributed by atoms with Gasteiger partial charge >= 0.3 is 0 Å². The lowest BCUT2D eigenvalue weighted by molar-refractivity contribution is 0.867. The van der Waals surface area contributed by atoms with Crippen molar-refractivity contribution in [2.24, 2.45) is 0 Å². The van der Waals surface area contributed by atoms with Gasteiger partial charge in [-0.15, -0.1) is 0 Å². The number of rotatable bonds is 6. The number of fused-ring (bicyclic) bond motifs is 4. The summed E-state index contributed by atoms with van der Waals surface area (Å²) in [6.45, 7) is 4.55. The van der Waals surface area contributed by atoms with Gasteiger partial charge < -0.3 is 0 Å². The Morgan fingerprint density at radius 1 is 0.273 bits per heavy atom. The number of benzene rings is 10. The van der Waals surface area contributed by atoms with Gasteiger partial charge in [-0.1, -0.05) is 202 Å². The van der Waals surface area contributed by atoms with Crippen molar-refractivity contribution in [2.75, 3.05) is 0 Å². The summed E-state index contributed by atoms with van der Waals surface area (Å²) < 4.78 is 0. The third-order valence-electron chi connectivity index (χ3n) is 11.4. The molecular formula is C55H40. The van der Waals surface area contributed by atoms with Gasteiger partial charge in [0.05, 0.1) is 0 Å². The Hall–Kier alpha value is -6.76. The van der Waals surface area contributed by atoms with Gasteiger partial charge in [0.25, 0.3) is 0 Å². The summed E-state index contributed by atoms with van der Waals surface area (Å²) >= 11 is 0. The topological polar surface area (TPSA) is 0 Å². The fourth-order valence-corrected chi connectivity index (χ4v) is 8.65. The van der Waals surface area contributed by atoms with Crippen LogP contribution >= 0.6 is 0 Å². The first-order valence-corrected chi connectivity index (χ1v) is 19.4. The quantitative estimate of drug-likeness (QED) is 0.152. The molecule has 10 aromatic carbocycles. The van der Waals surface area contributed by atoms with Gasteiger partial charge in [0.15, 0.2) is 0 Å². The molecule has 55 heavy (non-hydrogen) atoms. The van der Waals surface area contributed by atoms with Crippen LogP contribution in [0.25, 0.3) is 98.7 Å². The molecule has 0 aliphatic heterocycles. The van der Waals surface area contributed by atoms with E-state index in [4.69, 9.17) is 0 Å².